The zero-order valence-corrected chi connectivity index (χ0v) is 17.3. The number of carbonyl (C=O) groups is 3. The molecule has 0 aliphatic carbocycles. The fourth-order valence-corrected chi connectivity index (χ4v) is 2.06. The van der Waals surface area contributed by atoms with Gasteiger partial charge in [0, 0.05) is 6.42 Å². The number of ether oxygens (including phenoxy) is 1. The van der Waals surface area contributed by atoms with Crippen LogP contribution in [0.3, 0.4) is 0 Å². The molecule has 2 atom stereocenters. The molecule has 0 aromatic rings. The molecular formula is C20H38O6. The van der Waals surface area contributed by atoms with Crippen molar-refractivity contribution in [3.63, 3.8) is 0 Å². The Morgan fingerprint density at radius 1 is 0.846 bits per heavy atom. The fraction of sp³-hybridized carbons (Fsp3) is 0.850. The lowest BCUT2D eigenvalue weighted by Crippen LogP contribution is -2.23. The lowest BCUT2D eigenvalue weighted by atomic mass is 10.0. The van der Waals surface area contributed by atoms with Gasteiger partial charge in [-0.05, 0) is 40.0 Å². The zero-order valence-electron chi connectivity index (χ0n) is 17.3. The van der Waals surface area contributed by atoms with Gasteiger partial charge in [0.2, 0.25) is 0 Å². The monoisotopic (exact) mass is 374 g/mol. The summed E-state index contributed by atoms with van der Waals surface area (Å²) in [5.41, 5.74) is -0.439. The summed E-state index contributed by atoms with van der Waals surface area (Å²) in [5.74, 6) is -2.16. The molecular weight excluding hydrogens is 336 g/mol. The standard InChI is InChI=1S/C12H22O4.C8H16O2/c1-9(11(14)15)7-5-6-8-10(13)16-12(2,3)4;1-3-4-5-6-7(2)8(9)10/h9H,5-8H2,1-4H3,(H,14,15);7H,3-6H2,1-2H3,(H,9,10)/t9-;7-/m00/s1. The maximum absolute atomic E-state index is 11.3. The number of rotatable bonds is 11. The molecule has 2 N–H and O–H groups in total. The summed E-state index contributed by atoms with van der Waals surface area (Å²) in [5, 5.41) is 17.1. The Bertz CT molecular complexity index is 411. The van der Waals surface area contributed by atoms with E-state index >= 15 is 0 Å². The third-order valence-electron chi connectivity index (χ3n) is 3.77. The minimum absolute atomic E-state index is 0.161. The van der Waals surface area contributed by atoms with Crippen LogP contribution in [0.4, 0.5) is 0 Å². The fourth-order valence-electron chi connectivity index (χ4n) is 2.06. The van der Waals surface area contributed by atoms with Gasteiger partial charge in [0.15, 0.2) is 0 Å². The van der Waals surface area contributed by atoms with Gasteiger partial charge in [-0.1, -0.05) is 46.5 Å². The number of carboxylic acids is 2. The van der Waals surface area contributed by atoms with Gasteiger partial charge in [0.1, 0.15) is 5.60 Å². The summed E-state index contributed by atoms with van der Waals surface area (Å²) in [6.07, 6.45) is 6.58. The van der Waals surface area contributed by atoms with E-state index in [0.717, 1.165) is 32.1 Å². The first-order valence-electron chi connectivity index (χ1n) is 9.58. The molecule has 6 heteroatoms. The SMILES string of the molecule is CCCCC[C@H](C)C(=O)O.C[C@@H](CCCCC(=O)OC(C)(C)C)C(=O)O. The summed E-state index contributed by atoms with van der Waals surface area (Å²) in [6, 6.07) is 0. The Hall–Kier alpha value is -1.59. The summed E-state index contributed by atoms with van der Waals surface area (Å²) in [7, 11) is 0. The quantitative estimate of drug-likeness (QED) is 0.394. The summed E-state index contributed by atoms with van der Waals surface area (Å²) >= 11 is 0. The molecule has 0 bridgehead atoms. The molecule has 26 heavy (non-hydrogen) atoms. The van der Waals surface area contributed by atoms with Gasteiger partial charge in [0.05, 0.1) is 11.8 Å². The second kappa shape index (κ2) is 14.6. The highest BCUT2D eigenvalue weighted by Gasteiger charge is 2.16. The Morgan fingerprint density at radius 2 is 1.27 bits per heavy atom. The third-order valence-corrected chi connectivity index (χ3v) is 3.77. The van der Waals surface area contributed by atoms with Gasteiger partial charge in [-0.2, -0.15) is 0 Å². The van der Waals surface area contributed by atoms with E-state index in [1.165, 1.54) is 0 Å². The first-order valence-corrected chi connectivity index (χ1v) is 9.58. The number of carbonyl (C=O) groups excluding carboxylic acids is 1. The first-order chi connectivity index (χ1) is 11.9. The van der Waals surface area contributed by atoms with Crippen molar-refractivity contribution in [2.24, 2.45) is 11.8 Å². The summed E-state index contributed by atoms with van der Waals surface area (Å²) in [4.78, 5) is 32.1. The van der Waals surface area contributed by atoms with Crippen molar-refractivity contribution in [3.8, 4) is 0 Å². The predicted molar refractivity (Wildman–Crippen MR) is 102 cm³/mol. The van der Waals surface area contributed by atoms with Crippen LogP contribution in [0.15, 0.2) is 0 Å². The summed E-state index contributed by atoms with van der Waals surface area (Å²) in [6.45, 7) is 11.0. The van der Waals surface area contributed by atoms with Gasteiger partial charge >= 0.3 is 17.9 Å². The van der Waals surface area contributed by atoms with E-state index in [-0.39, 0.29) is 17.8 Å². The van der Waals surface area contributed by atoms with Crippen molar-refractivity contribution < 1.29 is 29.3 Å². The average Bonchev–Trinajstić information content (AvgIpc) is 2.50. The molecule has 0 aromatic carbocycles. The largest absolute Gasteiger partial charge is 0.481 e. The van der Waals surface area contributed by atoms with Gasteiger partial charge in [-0.3, -0.25) is 14.4 Å². The Kier molecular flexibility index (Phi) is 14.9. The molecule has 0 saturated heterocycles. The number of unbranched alkanes of at least 4 members (excludes halogenated alkanes) is 3. The second-order valence-corrected chi connectivity index (χ2v) is 7.81. The van der Waals surface area contributed by atoms with Crippen molar-refractivity contribution in [1.82, 2.24) is 0 Å². The second-order valence-electron chi connectivity index (χ2n) is 7.81. The highest BCUT2D eigenvalue weighted by atomic mass is 16.6. The van der Waals surface area contributed by atoms with Gasteiger partial charge in [0.25, 0.3) is 0 Å². The molecule has 0 rings (SSSR count). The minimum atomic E-state index is -0.780. The van der Waals surface area contributed by atoms with Crippen LogP contribution < -0.4 is 0 Å². The smallest absolute Gasteiger partial charge is 0.306 e. The number of hydrogen-bond acceptors (Lipinski definition) is 4. The van der Waals surface area contributed by atoms with E-state index in [9.17, 15) is 14.4 Å². The maximum atomic E-state index is 11.3. The topological polar surface area (TPSA) is 101 Å². The Labute approximate surface area is 158 Å². The summed E-state index contributed by atoms with van der Waals surface area (Å²) < 4.78 is 5.14. The van der Waals surface area contributed by atoms with E-state index in [1.807, 2.05) is 20.8 Å². The van der Waals surface area contributed by atoms with Crippen molar-refractivity contribution in [2.45, 2.75) is 98.5 Å². The third kappa shape index (κ3) is 18.7. The van der Waals surface area contributed by atoms with E-state index in [0.29, 0.717) is 19.3 Å². The molecule has 0 aromatic heterocycles. The highest BCUT2D eigenvalue weighted by Crippen LogP contribution is 2.13. The molecule has 0 unspecified atom stereocenters. The van der Waals surface area contributed by atoms with Gasteiger partial charge in [-0.15, -0.1) is 0 Å². The molecule has 154 valence electrons. The number of aliphatic carboxylic acids is 2. The number of esters is 1. The van der Waals surface area contributed by atoms with Crippen molar-refractivity contribution in [2.75, 3.05) is 0 Å². The van der Waals surface area contributed by atoms with E-state index in [1.54, 1.807) is 13.8 Å². The van der Waals surface area contributed by atoms with Gasteiger partial charge < -0.3 is 14.9 Å². The molecule has 0 spiro atoms. The van der Waals surface area contributed by atoms with Crippen LogP contribution in [0.5, 0.6) is 0 Å². The van der Waals surface area contributed by atoms with Crippen molar-refractivity contribution in [1.29, 1.82) is 0 Å². The Balaban J connectivity index is 0. The van der Waals surface area contributed by atoms with Crippen molar-refractivity contribution in [3.05, 3.63) is 0 Å². The lowest BCUT2D eigenvalue weighted by Gasteiger charge is -2.19. The van der Waals surface area contributed by atoms with Crippen LogP contribution in [0.25, 0.3) is 0 Å². The predicted octanol–water partition coefficient (Wildman–Crippen LogP) is 4.90. The van der Waals surface area contributed by atoms with E-state index < -0.39 is 17.5 Å². The van der Waals surface area contributed by atoms with Crippen LogP contribution in [0.1, 0.15) is 92.9 Å². The van der Waals surface area contributed by atoms with Crippen LogP contribution in [0, 0.1) is 11.8 Å². The molecule has 0 aliphatic rings. The Morgan fingerprint density at radius 3 is 1.62 bits per heavy atom. The zero-order chi connectivity index (χ0) is 20.8. The molecule has 0 heterocycles. The van der Waals surface area contributed by atoms with Crippen LogP contribution in [-0.2, 0) is 19.1 Å². The number of hydrogen-bond donors (Lipinski definition) is 2. The lowest BCUT2D eigenvalue weighted by molar-refractivity contribution is -0.155. The highest BCUT2D eigenvalue weighted by molar-refractivity contribution is 5.70. The average molecular weight is 375 g/mol. The molecule has 6 nitrogen and oxygen atoms in total. The van der Waals surface area contributed by atoms with E-state index in [2.05, 4.69) is 6.92 Å². The van der Waals surface area contributed by atoms with Crippen LogP contribution >= 0.6 is 0 Å². The van der Waals surface area contributed by atoms with Crippen molar-refractivity contribution >= 4 is 17.9 Å². The molecule has 0 amide bonds. The minimum Gasteiger partial charge on any atom is -0.481 e. The van der Waals surface area contributed by atoms with E-state index in [4.69, 9.17) is 14.9 Å². The molecule has 0 saturated carbocycles. The molecule has 0 fully saturated rings. The van der Waals surface area contributed by atoms with Crippen LogP contribution in [-0.4, -0.2) is 33.7 Å². The normalized spacial score (nSPS) is 13.2. The molecule has 0 radical (unpaired) electrons. The number of carboxylic acid groups (broad SMARTS) is 2. The van der Waals surface area contributed by atoms with Crippen LogP contribution in [0.2, 0.25) is 0 Å². The molecule has 0 aliphatic heterocycles. The first kappa shape index (κ1) is 26.6. The van der Waals surface area contributed by atoms with Gasteiger partial charge in [-0.25, -0.2) is 0 Å². The maximum Gasteiger partial charge on any atom is 0.306 e.